The molecule has 0 aliphatic heterocycles. The Morgan fingerprint density at radius 2 is 2.00 bits per heavy atom. The van der Waals surface area contributed by atoms with Gasteiger partial charge in [-0.15, -0.1) is 0 Å². The van der Waals surface area contributed by atoms with Gasteiger partial charge in [0.15, 0.2) is 0 Å². The number of rotatable bonds is 5. The molecule has 0 atom stereocenters. The van der Waals surface area contributed by atoms with Crippen molar-refractivity contribution in [1.29, 1.82) is 0 Å². The highest BCUT2D eigenvalue weighted by atomic mass is 16.1. The maximum atomic E-state index is 11.1. The summed E-state index contributed by atoms with van der Waals surface area (Å²) in [6.07, 6.45) is 0. The second-order valence-electron chi connectivity index (χ2n) is 4.82. The van der Waals surface area contributed by atoms with Crippen LogP contribution in [0.15, 0.2) is 30.3 Å². The summed E-state index contributed by atoms with van der Waals surface area (Å²) in [4.78, 5) is 13.2. The summed E-state index contributed by atoms with van der Waals surface area (Å²) < 4.78 is 1.47. The molecule has 0 radical (unpaired) electrons. The average molecular weight is 273 g/mol. The SMILES string of the molecule is CN(C)c1ccc(CNc2cc(C(N)=O)n(C)n2)cc1. The zero-order valence-corrected chi connectivity index (χ0v) is 11.9. The Bertz CT molecular complexity index is 601. The van der Waals surface area contributed by atoms with E-state index in [0.717, 1.165) is 11.3 Å². The monoisotopic (exact) mass is 273 g/mol. The number of aryl methyl sites for hydroxylation is 1. The fraction of sp³-hybridized carbons (Fsp3) is 0.286. The van der Waals surface area contributed by atoms with Crippen LogP contribution >= 0.6 is 0 Å². The van der Waals surface area contributed by atoms with Gasteiger partial charge in [-0.1, -0.05) is 12.1 Å². The molecule has 1 amide bonds. The van der Waals surface area contributed by atoms with E-state index < -0.39 is 5.91 Å². The first-order chi connectivity index (χ1) is 9.47. The Morgan fingerprint density at radius 1 is 1.35 bits per heavy atom. The predicted molar refractivity (Wildman–Crippen MR) is 79.8 cm³/mol. The molecular weight excluding hydrogens is 254 g/mol. The number of benzene rings is 1. The largest absolute Gasteiger partial charge is 0.378 e. The molecule has 0 saturated heterocycles. The van der Waals surface area contributed by atoms with Crippen molar-refractivity contribution in [3.05, 3.63) is 41.6 Å². The summed E-state index contributed by atoms with van der Waals surface area (Å²) in [7, 11) is 5.70. The van der Waals surface area contributed by atoms with Gasteiger partial charge in [-0.25, -0.2) is 0 Å². The van der Waals surface area contributed by atoms with Crippen molar-refractivity contribution in [3.63, 3.8) is 0 Å². The number of anilines is 2. The van der Waals surface area contributed by atoms with Crippen molar-refractivity contribution in [1.82, 2.24) is 9.78 Å². The molecule has 0 aliphatic rings. The normalized spacial score (nSPS) is 10.3. The average Bonchev–Trinajstić information content (AvgIpc) is 2.78. The summed E-state index contributed by atoms with van der Waals surface area (Å²) in [5.74, 6) is 0.154. The minimum atomic E-state index is -0.483. The van der Waals surface area contributed by atoms with E-state index in [1.807, 2.05) is 14.1 Å². The van der Waals surface area contributed by atoms with E-state index in [0.29, 0.717) is 18.1 Å². The summed E-state index contributed by atoms with van der Waals surface area (Å²) in [6.45, 7) is 0.642. The Labute approximate surface area is 118 Å². The minimum Gasteiger partial charge on any atom is -0.378 e. The highest BCUT2D eigenvalue weighted by Crippen LogP contribution is 2.14. The summed E-state index contributed by atoms with van der Waals surface area (Å²) in [6, 6.07) is 9.88. The molecule has 0 unspecified atom stereocenters. The molecule has 6 nitrogen and oxygen atoms in total. The van der Waals surface area contributed by atoms with Crippen molar-refractivity contribution < 1.29 is 4.79 Å². The van der Waals surface area contributed by atoms with Gasteiger partial charge in [-0.05, 0) is 17.7 Å². The number of aromatic nitrogens is 2. The molecule has 2 rings (SSSR count). The smallest absolute Gasteiger partial charge is 0.267 e. The first-order valence-electron chi connectivity index (χ1n) is 6.31. The maximum absolute atomic E-state index is 11.1. The highest BCUT2D eigenvalue weighted by Gasteiger charge is 2.09. The van der Waals surface area contributed by atoms with E-state index in [2.05, 4.69) is 39.6 Å². The molecule has 3 N–H and O–H groups in total. The lowest BCUT2D eigenvalue weighted by Gasteiger charge is -2.12. The van der Waals surface area contributed by atoms with Crippen molar-refractivity contribution in [2.24, 2.45) is 12.8 Å². The maximum Gasteiger partial charge on any atom is 0.267 e. The number of carbonyl (C=O) groups is 1. The Hall–Kier alpha value is -2.50. The first kappa shape index (κ1) is 13.9. The third-order valence-corrected chi connectivity index (χ3v) is 3.06. The molecular formula is C14H19N5O. The van der Waals surface area contributed by atoms with Gasteiger partial charge >= 0.3 is 0 Å². The number of nitrogens with one attached hydrogen (secondary N) is 1. The van der Waals surface area contributed by atoms with Crippen LogP contribution in [-0.4, -0.2) is 29.8 Å². The summed E-state index contributed by atoms with van der Waals surface area (Å²) in [5, 5.41) is 7.36. The van der Waals surface area contributed by atoms with Crippen LogP contribution in [0.1, 0.15) is 16.1 Å². The number of nitrogens with two attached hydrogens (primary N) is 1. The lowest BCUT2D eigenvalue weighted by atomic mass is 10.2. The van der Waals surface area contributed by atoms with E-state index in [9.17, 15) is 4.79 Å². The molecule has 0 bridgehead atoms. The van der Waals surface area contributed by atoms with Gasteiger partial charge in [0.25, 0.3) is 5.91 Å². The summed E-state index contributed by atoms with van der Waals surface area (Å²) >= 11 is 0. The van der Waals surface area contributed by atoms with E-state index in [1.165, 1.54) is 4.68 Å². The molecule has 1 aromatic carbocycles. The molecule has 1 heterocycles. The van der Waals surface area contributed by atoms with Gasteiger partial charge in [0.1, 0.15) is 11.5 Å². The van der Waals surface area contributed by atoms with Crippen molar-refractivity contribution in [2.45, 2.75) is 6.54 Å². The van der Waals surface area contributed by atoms with Crippen LogP contribution in [0.2, 0.25) is 0 Å². The van der Waals surface area contributed by atoms with Crippen LogP contribution in [0, 0.1) is 0 Å². The number of amides is 1. The molecule has 0 saturated carbocycles. The standard InChI is InChI=1S/C14H19N5O/c1-18(2)11-6-4-10(5-7-11)9-16-13-8-12(14(15)20)19(3)17-13/h4-8H,9H2,1-3H3,(H2,15,20)(H,16,17). The molecule has 1 aromatic heterocycles. The van der Waals surface area contributed by atoms with Crippen LogP contribution in [0.4, 0.5) is 11.5 Å². The first-order valence-corrected chi connectivity index (χ1v) is 6.31. The van der Waals surface area contributed by atoms with Crippen LogP contribution < -0.4 is 16.0 Å². The molecule has 0 spiro atoms. The molecule has 2 aromatic rings. The number of hydrogen-bond donors (Lipinski definition) is 2. The third kappa shape index (κ3) is 3.09. The van der Waals surface area contributed by atoms with Crippen molar-refractivity contribution >= 4 is 17.4 Å². The van der Waals surface area contributed by atoms with Crippen LogP contribution in [0.5, 0.6) is 0 Å². The molecule has 6 heteroatoms. The van der Waals surface area contributed by atoms with E-state index >= 15 is 0 Å². The fourth-order valence-corrected chi connectivity index (χ4v) is 1.89. The quantitative estimate of drug-likeness (QED) is 0.858. The number of hydrogen-bond acceptors (Lipinski definition) is 4. The van der Waals surface area contributed by atoms with Crippen LogP contribution in [0.25, 0.3) is 0 Å². The predicted octanol–water partition coefficient (Wildman–Crippen LogP) is 1.20. The van der Waals surface area contributed by atoms with Gasteiger partial charge in [-0.2, -0.15) is 5.10 Å². The fourth-order valence-electron chi connectivity index (χ4n) is 1.89. The molecule has 0 fully saturated rings. The number of primary amides is 1. The summed E-state index contributed by atoms with van der Waals surface area (Å²) in [5.41, 5.74) is 7.93. The molecule has 20 heavy (non-hydrogen) atoms. The van der Waals surface area contributed by atoms with Crippen LogP contribution in [0.3, 0.4) is 0 Å². The van der Waals surface area contributed by atoms with Gasteiger partial charge < -0.3 is 16.0 Å². The molecule has 106 valence electrons. The number of carbonyl (C=O) groups excluding carboxylic acids is 1. The second kappa shape index (κ2) is 5.64. The second-order valence-corrected chi connectivity index (χ2v) is 4.82. The van der Waals surface area contributed by atoms with Gasteiger partial charge in [0, 0.05) is 39.4 Å². The van der Waals surface area contributed by atoms with Gasteiger partial charge in [0.05, 0.1) is 0 Å². The van der Waals surface area contributed by atoms with Crippen molar-refractivity contribution in [3.8, 4) is 0 Å². The van der Waals surface area contributed by atoms with E-state index in [1.54, 1.807) is 13.1 Å². The number of nitrogens with zero attached hydrogens (tertiary/aromatic N) is 3. The zero-order chi connectivity index (χ0) is 14.7. The minimum absolute atomic E-state index is 0.385. The Balaban J connectivity index is 2.01. The van der Waals surface area contributed by atoms with Gasteiger partial charge in [0.2, 0.25) is 0 Å². The zero-order valence-electron chi connectivity index (χ0n) is 11.9. The Morgan fingerprint density at radius 3 is 2.50 bits per heavy atom. The Kier molecular flexibility index (Phi) is 3.93. The highest BCUT2D eigenvalue weighted by molar-refractivity contribution is 5.91. The van der Waals surface area contributed by atoms with Crippen molar-refractivity contribution in [2.75, 3.05) is 24.3 Å². The topological polar surface area (TPSA) is 76.2 Å². The van der Waals surface area contributed by atoms with Gasteiger partial charge in [-0.3, -0.25) is 9.48 Å². The van der Waals surface area contributed by atoms with Crippen LogP contribution in [-0.2, 0) is 13.6 Å². The lowest BCUT2D eigenvalue weighted by molar-refractivity contribution is 0.0991. The van der Waals surface area contributed by atoms with E-state index in [-0.39, 0.29) is 0 Å². The third-order valence-electron chi connectivity index (χ3n) is 3.06. The lowest BCUT2D eigenvalue weighted by Crippen LogP contribution is -2.15. The molecule has 0 aliphatic carbocycles. The van der Waals surface area contributed by atoms with E-state index in [4.69, 9.17) is 5.73 Å².